The second-order valence-electron chi connectivity index (χ2n) is 8.38. The first-order valence-electron chi connectivity index (χ1n) is 10.8. The topological polar surface area (TPSA) is 77.8 Å². The summed E-state index contributed by atoms with van der Waals surface area (Å²) in [5.41, 5.74) is 2.43. The highest BCUT2D eigenvalue weighted by atomic mass is 16.4. The molecule has 1 aromatic rings. The van der Waals surface area contributed by atoms with E-state index in [1.807, 2.05) is 30.3 Å². The number of carbonyl (C=O) groups is 1. The van der Waals surface area contributed by atoms with Gasteiger partial charge in [0.05, 0.1) is 12.0 Å². The molecule has 29 heavy (non-hydrogen) atoms. The molecule has 0 radical (unpaired) electrons. The maximum atomic E-state index is 10.8. The molecule has 2 saturated carbocycles. The Hall–Kier alpha value is -2.09. The summed E-state index contributed by atoms with van der Waals surface area (Å²) in [4.78, 5) is 10.8. The number of hydrogen-bond donors (Lipinski definition) is 3. The van der Waals surface area contributed by atoms with Gasteiger partial charge in [-0.1, -0.05) is 67.2 Å². The van der Waals surface area contributed by atoms with Crippen molar-refractivity contribution in [3.8, 4) is 11.8 Å². The highest BCUT2D eigenvalue weighted by Gasteiger charge is 2.52. The molecule has 1 aromatic carbocycles. The zero-order valence-corrected chi connectivity index (χ0v) is 17.1. The van der Waals surface area contributed by atoms with Crippen LogP contribution in [0.25, 0.3) is 0 Å². The lowest BCUT2D eigenvalue weighted by atomic mass is 9.50. The van der Waals surface area contributed by atoms with Crippen molar-refractivity contribution in [3.63, 3.8) is 0 Å². The Morgan fingerprint density at radius 1 is 1.28 bits per heavy atom. The SMILES string of the molecule is CCCC1/C(=C/CCC(=O)O)[C@@H]2CC[C@H](O)[C@@H](C#CC(O)Cc3ccccc3)[C@H]12. The summed E-state index contributed by atoms with van der Waals surface area (Å²) >= 11 is 0. The van der Waals surface area contributed by atoms with Crippen LogP contribution in [-0.4, -0.2) is 33.5 Å². The molecule has 0 heterocycles. The monoisotopic (exact) mass is 396 g/mol. The van der Waals surface area contributed by atoms with Gasteiger partial charge in [0.15, 0.2) is 0 Å². The molecule has 3 rings (SSSR count). The maximum Gasteiger partial charge on any atom is 0.303 e. The van der Waals surface area contributed by atoms with Crippen LogP contribution in [-0.2, 0) is 11.2 Å². The molecule has 3 N–H and O–H groups in total. The number of hydrogen-bond acceptors (Lipinski definition) is 3. The number of aliphatic hydroxyl groups excluding tert-OH is 2. The predicted octanol–water partition coefficient (Wildman–Crippen LogP) is 3.82. The van der Waals surface area contributed by atoms with E-state index >= 15 is 0 Å². The van der Waals surface area contributed by atoms with E-state index in [0.717, 1.165) is 24.8 Å². The molecule has 6 atom stereocenters. The van der Waals surface area contributed by atoms with Crippen molar-refractivity contribution >= 4 is 5.97 Å². The second-order valence-corrected chi connectivity index (χ2v) is 8.38. The summed E-state index contributed by atoms with van der Waals surface area (Å²) in [6, 6.07) is 9.81. The summed E-state index contributed by atoms with van der Waals surface area (Å²) in [5.74, 6) is 6.44. The van der Waals surface area contributed by atoms with Crippen LogP contribution in [0.5, 0.6) is 0 Å². The number of benzene rings is 1. The van der Waals surface area contributed by atoms with Crippen LogP contribution in [0.1, 0.15) is 51.0 Å². The number of rotatable bonds is 7. The van der Waals surface area contributed by atoms with E-state index in [0.29, 0.717) is 37.0 Å². The normalized spacial score (nSPS) is 30.6. The Kier molecular flexibility index (Phi) is 7.52. The van der Waals surface area contributed by atoms with Crippen molar-refractivity contribution in [1.29, 1.82) is 0 Å². The minimum atomic E-state index is -0.764. The van der Waals surface area contributed by atoms with Gasteiger partial charge in [-0.15, -0.1) is 0 Å². The third kappa shape index (κ3) is 5.29. The largest absolute Gasteiger partial charge is 0.481 e. The Balaban J connectivity index is 1.71. The van der Waals surface area contributed by atoms with E-state index in [1.165, 1.54) is 5.57 Å². The third-order valence-corrected chi connectivity index (χ3v) is 6.41. The van der Waals surface area contributed by atoms with Crippen molar-refractivity contribution in [2.45, 2.75) is 64.1 Å². The molecule has 2 aliphatic rings. The molecule has 0 spiro atoms. The summed E-state index contributed by atoms with van der Waals surface area (Å²) in [6.45, 7) is 2.16. The molecule has 0 bridgehead atoms. The van der Waals surface area contributed by atoms with Gasteiger partial charge in [0.1, 0.15) is 6.10 Å². The average molecular weight is 397 g/mol. The van der Waals surface area contributed by atoms with Crippen LogP contribution in [0.4, 0.5) is 0 Å². The van der Waals surface area contributed by atoms with E-state index in [-0.39, 0.29) is 12.3 Å². The summed E-state index contributed by atoms with van der Waals surface area (Å²) in [6.07, 6.45) is 5.91. The van der Waals surface area contributed by atoms with Gasteiger partial charge in [-0.05, 0) is 49.0 Å². The molecule has 2 fully saturated rings. The Bertz CT molecular complexity index is 773. The molecule has 0 saturated heterocycles. The van der Waals surface area contributed by atoms with Gasteiger partial charge >= 0.3 is 5.97 Å². The Labute approximate surface area is 173 Å². The van der Waals surface area contributed by atoms with Crippen LogP contribution >= 0.6 is 0 Å². The lowest BCUT2D eigenvalue weighted by Crippen LogP contribution is -2.51. The predicted molar refractivity (Wildman–Crippen MR) is 113 cm³/mol. The van der Waals surface area contributed by atoms with Gasteiger partial charge in [-0.25, -0.2) is 0 Å². The number of carboxylic acids is 1. The first kappa shape index (κ1) is 21.6. The second kappa shape index (κ2) is 10.1. The third-order valence-electron chi connectivity index (χ3n) is 6.41. The van der Waals surface area contributed by atoms with Gasteiger partial charge < -0.3 is 15.3 Å². The van der Waals surface area contributed by atoms with E-state index in [1.54, 1.807) is 0 Å². The van der Waals surface area contributed by atoms with E-state index < -0.39 is 18.2 Å². The van der Waals surface area contributed by atoms with Crippen molar-refractivity contribution in [2.24, 2.45) is 23.7 Å². The molecule has 156 valence electrons. The molecule has 2 unspecified atom stereocenters. The fourth-order valence-electron chi connectivity index (χ4n) is 5.14. The highest BCUT2D eigenvalue weighted by Crippen LogP contribution is 2.57. The van der Waals surface area contributed by atoms with Crippen LogP contribution in [0.2, 0.25) is 0 Å². The first-order chi connectivity index (χ1) is 14.0. The van der Waals surface area contributed by atoms with Crippen LogP contribution in [0.15, 0.2) is 42.0 Å². The van der Waals surface area contributed by atoms with Gasteiger partial charge in [0.2, 0.25) is 0 Å². The standard InChI is InChI=1S/C25H32O4/c1-2-7-20-19(10-6-11-24(28)29)21-14-15-23(27)22(25(20)21)13-12-18(26)16-17-8-4-3-5-9-17/h3-5,8-10,18,20-23,25-27H,2,6-7,11,14-16H2,1H3,(H,28,29)/b19-10-/t18?,20?,21-,22+,23-,25+/m0/s1. The molecule has 0 aromatic heterocycles. The fourth-order valence-corrected chi connectivity index (χ4v) is 5.14. The number of aliphatic carboxylic acids is 1. The van der Waals surface area contributed by atoms with Crippen molar-refractivity contribution < 1.29 is 20.1 Å². The van der Waals surface area contributed by atoms with Crippen LogP contribution in [0, 0.1) is 35.5 Å². The van der Waals surface area contributed by atoms with Crippen molar-refractivity contribution in [1.82, 2.24) is 0 Å². The molecule has 4 heteroatoms. The lowest BCUT2D eigenvalue weighted by molar-refractivity contribution is -0.136. The van der Waals surface area contributed by atoms with E-state index in [2.05, 4.69) is 24.8 Å². The number of aliphatic hydroxyl groups is 2. The molecule has 0 amide bonds. The number of allylic oxidation sites excluding steroid dienone is 2. The maximum absolute atomic E-state index is 10.8. The average Bonchev–Trinajstić information content (AvgIpc) is 2.69. The van der Waals surface area contributed by atoms with Gasteiger partial charge in [-0.3, -0.25) is 4.79 Å². The summed E-state index contributed by atoms with van der Waals surface area (Å²) in [5, 5.41) is 29.9. The van der Waals surface area contributed by atoms with E-state index in [4.69, 9.17) is 5.11 Å². The molecular weight excluding hydrogens is 364 g/mol. The summed E-state index contributed by atoms with van der Waals surface area (Å²) < 4.78 is 0. The highest BCUT2D eigenvalue weighted by molar-refractivity contribution is 5.66. The molecule has 0 aliphatic heterocycles. The van der Waals surface area contributed by atoms with Gasteiger partial charge in [0, 0.05) is 12.8 Å². The van der Waals surface area contributed by atoms with Crippen molar-refractivity contribution in [2.75, 3.05) is 0 Å². The van der Waals surface area contributed by atoms with Gasteiger partial charge in [0.25, 0.3) is 0 Å². The molecule has 2 aliphatic carbocycles. The zero-order valence-electron chi connectivity index (χ0n) is 17.1. The lowest BCUT2D eigenvalue weighted by Gasteiger charge is -2.55. The Morgan fingerprint density at radius 2 is 2.03 bits per heavy atom. The quantitative estimate of drug-likeness (QED) is 0.484. The van der Waals surface area contributed by atoms with Crippen molar-refractivity contribution in [3.05, 3.63) is 47.5 Å². The zero-order chi connectivity index (χ0) is 20.8. The number of carboxylic acid groups (broad SMARTS) is 1. The summed E-state index contributed by atoms with van der Waals surface area (Å²) in [7, 11) is 0. The Morgan fingerprint density at radius 3 is 2.72 bits per heavy atom. The minimum Gasteiger partial charge on any atom is -0.481 e. The van der Waals surface area contributed by atoms with Crippen LogP contribution < -0.4 is 0 Å². The fraction of sp³-hybridized carbons (Fsp3) is 0.560. The molecule has 4 nitrogen and oxygen atoms in total. The minimum absolute atomic E-state index is 0.118. The van der Waals surface area contributed by atoms with E-state index in [9.17, 15) is 15.0 Å². The number of fused-ring (bicyclic) bond motifs is 1. The van der Waals surface area contributed by atoms with Crippen LogP contribution in [0.3, 0.4) is 0 Å². The first-order valence-corrected chi connectivity index (χ1v) is 10.8. The smallest absolute Gasteiger partial charge is 0.303 e. The van der Waals surface area contributed by atoms with Gasteiger partial charge in [-0.2, -0.15) is 0 Å². The molecular formula is C25H32O4.